The van der Waals surface area contributed by atoms with Crippen molar-refractivity contribution in [1.29, 1.82) is 0 Å². The summed E-state index contributed by atoms with van der Waals surface area (Å²) in [6.07, 6.45) is 1.43. The van der Waals surface area contributed by atoms with Gasteiger partial charge in [-0.3, -0.25) is 4.99 Å². The van der Waals surface area contributed by atoms with Gasteiger partial charge in [-0.2, -0.15) is 0 Å². The van der Waals surface area contributed by atoms with Crippen LogP contribution in [0.5, 0.6) is 17.2 Å². The van der Waals surface area contributed by atoms with E-state index in [9.17, 15) is 4.39 Å². The third-order valence-corrected chi connectivity index (χ3v) is 3.92. The van der Waals surface area contributed by atoms with Crippen molar-refractivity contribution in [1.82, 2.24) is 0 Å². The number of guanidine groups is 1. The smallest absolute Gasteiger partial charge is 0.193 e. The van der Waals surface area contributed by atoms with E-state index in [1.54, 1.807) is 6.07 Å². The molecule has 27 heavy (non-hydrogen) atoms. The molecule has 1 aliphatic heterocycles. The number of rotatable bonds is 5. The first-order chi connectivity index (χ1) is 12.7. The van der Waals surface area contributed by atoms with Crippen LogP contribution in [0.2, 0.25) is 0 Å². The van der Waals surface area contributed by atoms with Crippen molar-refractivity contribution in [2.75, 3.05) is 32.2 Å². The molecule has 0 spiro atoms. The Bertz CT molecular complexity index is 802. The summed E-state index contributed by atoms with van der Waals surface area (Å²) in [6, 6.07) is 10.4. The summed E-state index contributed by atoms with van der Waals surface area (Å²) in [5.74, 6) is 1.55. The summed E-state index contributed by atoms with van der Waals surface area (Å²) in [5, 5.41) is 3.03. The van der Waals surface area contributed by atoms with Gasteiger partial charge in [-0.15, -0.1) is 24.0 Å². The molecule has 0 saturated carbocycles. The Balaban J connectivity index is 0.00000261. The summed E-state index contributed by atoms with van der Waals surface area (Å²) in [5.41, 5.74) is 7.52. The molecular weight excluding hydrogens is 464 g/mol. The molecule has 0 radical (unpaired) electrons. The number of benzene rings is 2. The maximum absolute atomic E-state index is 13.7. The molecule has 146 valence electrons. The van der Waals surface area contributed by atoms with Crippen LogP contribution in [0.25, 0.3) is 0 Å². The van der Waals surface area contributed by atoms with Gasteiger partial charge in [0.1, 0.15) is 0 Å². The highest BCUT2D eigenvalue weighted by Crippen LogP contribution is 2.32. The summed E-state index contributed by atoms with van der Waals surface area (Å²) >= 11 is 0. The Morgan fingerprint density at radius 2 is 1.96 bits per heavy atom. The normalized spacial score (nSPS) is 13.3. The lowest BCUT2D eigenvalue weighted by atomic mass is 10.1. The molecule has 2 aromatic carbocycles. The Labute approximate surface area is 174 Å². The Kier molecular flexibility index (Phi) is 7.96. The Hall–Kier alpha value is -2.23. The van der Waals surface area contributed by atoms with Crippen molar-refractivity contribution in [3.63, 3.8) is 0 Å². The second-order valence-corrected chi connectivity index (χ2v) is 5.82. The number of ether oxygens (including phenoxy) is 3. The fourth-order valence-corrected chi connectivity index (χ4v) is 2.60. The fraction of sp³-hybridized carbons (Fsp3) is 0.316. The Morgan fingerprint density at radius 3 is 2.70 bits per heavy atom. The second kappa shape index (κ2) is 10.2. The van der Waals surface area contributed by atoms with E-state index in [4.69, 9.17) is 19.9 Å². The van der Waals surface area contributed by atoms with Crippen LogP contribution in [-0.2, 0) is 6.42 Å². The lowest BCUT2D eigenvalue weighted by Crippen LogP contribution is -2.23. The van der Waals surface area contributed by atoms with Crippen molar-refractivity contribution in [3.8, 4) is 17.2 Å². The van der Waals surface area contributed by atoms with Crippen molar-refractivity contribution < 1.29 is 18.6 Å². The zero-order valence-corrected chi connectivity index (χ0v) is 17.4. The second-order valence-electron chi connectivity index (χ2n) is 5.82. The number of nitrogens with two attached hydrogens (primary N) is 1. The minimum absolute atomic E-state index is 0. The molecular formula is C19H23FIN3O3. The number of aliphatic imine (C=N–C) groups is 1. The van der Waals surface area contributed by atoms with E-state index in [0.29, 0.717) is 31.9 Å². The number of halogens is 2. The summed E-state index contributed by atoms with van der Waals surface area (Å²) in [6.45, 7) is 1.71. The molecule has 0 fully saturated rings. The average Bonchev–Trinajstić information content (AvgIpc) is 2.87. The predicted molar refractivity (Wildman–Crippen MR) is 114 cm³/mol. The molecule has 3 rings (SSSR count). The number of hydrogen-bond donors (Lipinski definition) is 2. The fourth-order valence-electron chi connectivity index (χ4n) is 2.60. The molecule has 1 aliphatic rings. The van der Waals surface area contributed by atoms with Gasteiger partial charge in [-0.25, -0.2) is 4.39 Å². The number of methoxy groups -OCH3 is 1. The van der Waals surface area contributed by atoms with Gasteiger partial charge < -0.3 is 25.3 Å². The monoisotopic (exact) mass is 487 g/mol. The highest BCUT2D eigenvalue weighted by atomic mass is 127. The molecule has 0 unspecified atom stereocenters. The number of nitrogens with zero attached hydrogens (tertiary/aromatic N) is 1. The van der Waals surface area contributed by atoms with E-state index in [1.165, 1.54) is 13.2 Å². The van der Waals surface area contributed by atoms with Gasteiger partial charge in [-0.05, 0) is 36.2 Å². The van der Waals surface area contributed by atoms with Gasteiger partial charge >= 0.3 is 0 Å². The summed E-state index contributed by atoms with van der Waals surface area (Å²) < 4.78 is 29.8. The topological polar surface area (TPSA) is 78.1 Å². The van der Waals surface area contributed by atoms with Gasteiger partial charge in [-0.1, -0.05) is 6.07 Å². The zero-order valence-electron chi connectivity index (χ0n) is 15.0. The molecule has 8 heteroatoms. The lowest BCUT2D eigenvalue weighted by Gasteiger charge is -2.10. The predicted octanol–water partition coefficient (Wildman–Crippen LogP) is 3.58. The molecule has 0 aliphatic carbocycles. The van der Waals surface area contributed by atoms with E-state index in [0.717, 1.165) is 23.4 Å². The van der Waals surface area contributed by atoms with Crippen LogP contribution in [0.1, 0.15) is 12.0 Å². The van der Waals surface area contributed by atoms with Crippen molar-refractivity contribution in [2.45, 2.75) is 12.8 Å². The Morgan fingerprint density at radius 1 is 1.19 bits per heavy atom. The minimum atomic E-state index is -0.382. The van der Waals surface area contributed by atoms with Crippen molar-refractivity contribution in [2.24, 2.45) is 10.7 Å². The van der Waals surface area contributed by atoms with E-state index in [1.807, 2.05) is 24.3 Å². The average molecular weight is 487 g/mol. The molecule has 0 atom stereocenters. The van der Waals surface area contributed by atoms with Crippen LogP contribution in [0.4, 0.5) is 10.1 Å². The largest absolute Gasteiger partial charge is 0.494 e. The third-order valence-electron chi connectivity index (χ3n) is 3.92. The van der Waals surface area contributed by atoms with E-state index < -0.39 is 0 Å². The molecule has 6 nitrogen and oxygen atoms in total. The molecule has 3 N–H and O–H groups in total. The van der Waals surface area contributed by atoms with Crippen LogP contribution in [0.15, 0.2) is 41.4 Å². The van der Waals surface area contributed by atoms with Gasteiger partial charge in [0.25, 0.3) is 0 Å². The first-order valence-electron chi connectivity index (χ1n) is 8.45. The number of anilines is 1. The maximum atomic E-state index is 13.7. The zero-order chi connectivity index (χ0) is 18.4. The van der Waals surface area contributed by atoms with Gasteiger partial charge in [0.05, 0.1) is 20.3 Å². The van der Waals surface area contributed by atoms with E-state index in [2.05, 4.69) is 10.3 Å². The number of fused-ring (bicyclic) bond motifs is 1. The molecule has 0 amide bonds. The molecule has 2 aromatic rings. The minimum Gasteiger partial charge on any atom is -0.494 e. The number of hydrogen-bond acceptors (Lipinski definition) is 4. The van der Waals surface area contributed by atoms with E-state index in [-0.39, 0.29) is 41.5 Å². The standard InChI is InChI=1S/C19H22FN3O3.HI/c1-24-16-5-3-13(11-15(16)20)7-8-22-19(21)23-14-4-6-17-18(12-14)26-10-2-9-25-17;/h3-6,11-12H,2,7-10H2,1H3,(H3,21,22,23);1H. The van der Waals surface area contributed by atoms with Crippen LogP contribution >= 0.6 is 24.0 Å². The molecule has 0 aromatic heterocycles. The quantitative estimate of drug-likeness (QED) is 0.383. The van der Waals surface area contributed by atoms with Crippen LogP contribution in [-0.4, -0.2) is 32.8 Å². The SMILES string of the molecule is COc1ccc(CCN=C(N)Nc2ccc3c(c2)OCCCO3)cc1F.I. The lowest BCUT2D eigenvalue weighted by molar-refractivity contribution is 0.297. The van der Waals surface area contributed by atoms with Gasteiger partial charge in [0.2, 0.25) is 0 Å². The molecule has 0 saturated heterocycles. The summed E-state index contributed by atoms with van der Waals surface area (Å²) in [7, 11) is 1.44. The first-order valence-corrected chi connectivity index (χ1v) is 8.45. The first kappa shape index (κ1) is 21.1. The van der Waals surface area contributed by atoms with Gasteiger partial charge in [0.15, 0.2) is 29.0 Å². The van der Waals surface area contributed by atoms with Gasteiger partial charge in [0, 0.05) is 24.7 Å². The van der Waals surface area contributed by atoms with Crippen LogP contribution in [0.3, 0.4) is 0 Å². The highest BCUT2D eigenvalue weighted by molar-refractivity contribution is 14.0. The van der Waals surface area contributed by atoms with Crippen molar-refractivity contribution in [3.05, 3.63) is 47.8 Å². The maximum Gasteiger partial charge on any atom is 0.193 e. The summed E-state index contributed by atoms with van der Waals surface area (Å²) in [4.78, 5) is 4.28. The number of nitrogens with one attached hydrogen (secondary N) is 1. The molecule has 1 heterocycles. The van der Waals surface area contributed by atoms with Crippen LogP contribution in [0, 0.1) is 5.82 Å². The highest BCUT2D eigenvalue weighted by Gasteiger charge is 2.11. The van der Waals surface area contributed by atoms with E-state index >= 15 is 0 Å². The molecule has 0 bridgehead atoms. The van der Waals surface area contributed by atoms with Crippen molar-refractivity contribution >= 4 is 35.6 Å². The van der Waals surface area contributed by atoms with Crippen LogP contribution < -0.4 is 25.3 Å². The third kappa shape index (κ3) is 5.88.